The molecule has 8 heavy (non-hydrogen) atoms. The van der Waals surface area contributed by atoms with Gasteiger partial charge in [0.1, 0.15) is 0 Å². The van der Waals surface area contributed by atoms with Crippen molar-refractivity contribution in [2.75, 3.05) is 0 Å². The average Bonchev–Trinajstić information content (AvgIpc) is 1.79. The minimum absolute atomic E-state index is 0.269. The van der Waals surface area contributed by atoms with Crippen molar-refractivity contribution >= 4 is 0 Å². The molecule has 1 aliphatic rings. The maximum Gasteiger partial charge on any atom is 0.0267 e. The van der Waals surface area contributed by atoms with Gasteiger partial charge < -0.3 is 0 Å². The van der Waals surface area contributed by atoms with Gasteiger partial charge in [0, 0.05) is 1.37 Å². The first kappa shape index (κ1) is 4.84. The number of rotatable bonds is 0. The van der Waals surface area contributed by atoms with Gasteiger partial charge in [0.2, 0.25) is 0 Å². The van der Waals surface area contributed by atoms with Crippen LogP contribution in [0.2, 0.25) is 0 Å². The monoisotopic (exact) mass is 113 g/mol. The molecule has 0 aromatic carbocycles. The standard InChI is InChI=1S/C8H16/c1-2-4-6-8-7-5-3-1/h1-8H2/i1D. The third-order valence-electron chi connectivity index (χ3n) is 1.82. The first-order valence-corrected chi connectivity index (χ1v) is 3.82. The molecule has 0 bridgehead atoms. The zero-order valence-electron chi connectivity index (χ0n) is 6.53. The normalized spacial score (nSPS) is 28.2. The van der Waals surface area contributed by atoms with Gasteiger partial charge in [-0.25, -0.2) is 0 Å². The van der Waals surface area contributed by atoms with Crippen LogP contribution in [0.1, 0.15) is 52.7 Å². The van der Waals surface area contributed by atoms with Crippen molar-refractivity contribution in [3.8, 4) is 0 Å². The smallest absolute Gasteiger partial charge is 0.0267 e. The van der Waals surface area contributed by atoms with Crippen molar-refractivity contribution in [2.24, 2.45) is 0 Å². The molecule has 0 amide bonds. The van der Waals surface area contributed by atoms with Crippen LogP contribution >= 0.6 is 0 Å². The zero-order valence-corrected chi connectivity index (χ0v) is 5.53. The van der Waals surface area contributed by atoms with Crippen LogP contribution < -0.4 is 0 Å². The highest BCUT2D eigenvalue weighted by Crippen LogP contribution is 2.15. The first-order valence-electron chi connectivity index (χ1n) is 4.39. The highest BCUT2D eigenvalue weighted by atomic mass is 14.0. The molecule has 48 valence electrons. The Balaban J connectivity index is 2.12. The minimum Gasteiger partial charge on any atom is -0.0533 e. The van der Waals surface area contributed by atoms with E-state index in [0.717, 1.165) is 12.8 Å². The lowest BCUT2D eigenvalue weighted by atomic mass is 10.0. The predicted molar refractivity (Wildman–Crippen MR) is 36.9 cm³/mol. The van der Waals surface area contributed by atoms with E-state index < -0.39 is 0 Å². The molecule has 0 radical (unpaired) electrons. The van der Waals surface area contributed by atoms with Crippen LogP contribution in [0.15, 0.2) is 0 Å². The average molecular weight is 113 g/mol. The Labute approximate surface area is 53.7 Å². The summed E-state index contributed by atoms with van der Waals surface area (Å²) in [5, 5.41) is 0. The predicted octanol–water partition coefficient (Wildman–Crippen LogP) is 3.12. The van der Waals surface area contributed by atoms with Crippen molar-refractivity contribution in [3.05, 3.63) is 0 Å². The zero-order chi connectivity index (χ0) is 6.53. The van der Waals surface area contributed by atoms with Crippen molar-refractivity contribution in [1.29, 1.82) is 0 Å². The molecule has 0 aromatic rings. The summed E-state index contributed by atoms with van der Waals surface area (Å²) in [6.07, 6.45) is 9.32. The summed E-state index contributed by atoms with van der Waals surface area (Å²) in [5.41, 5.74) is 0. The van der Waals surface area contributed by atoms with Gasteiger partial charge in [0.05, 0.1) is 0 Å². The Morgan fingerprint density at radius 3 is 1.50 bits per heavy atom. The summed E-state index contributed by atoms with van der Waals surface area (Å²) in [7, 11) is 0. The molecule has 0 heterocycles. The largest absolute Gasteiger partial charge is 0.0533 e. The fourth-order valence-electron chi connectivity index (χ4n) is 1.25. The molecule has 0 spiro atoms. The highest BCUT2D eigenvalue weighted by molar-refractivity contribution is 4.51. The van der Waals surface area contributed by atoms with Gasteiger partial charge in [-0.2, -0.15) is 0 Å². The highest BCUT2D eigenvalue weighted by Gasteiger charge is 1.95. The molecule has 0 nitrogen and oxygen atoms in total. The second-order valence-corrected chi connectivity index (χ2v) is 2.63. The number of hydrogen-bond acceptors (Lipinski definition) is 0. The van der Waals surface area contributed by atoms with Gasteiger partial charge in [-0.3, -0.25) is 0 Å². The van der Waals surface area contributed by atoms with E-state index >= 15 is 0 Å². The van der Waals surface area contributed by atoms with Crippen LogP contribution in [0.4, 0.5) is 0 Å². The van der Waals surface area contributed by atoms with Crippen LogP contribution in [-0.4, -0.2) is 0 Å². The van der Waals surface area contributed by atoms with E-state index in [0.29, 0.717) is 0 Å². The van der Waals surface area contributed by atoms with Crippen LogP contribution in [0.3, 0.4) is 0 Å². The van der Waals surface area contributed by atoms with E-state index in [9.17, 15) is 0 Å². The second kappa shape index (κ2) is 3.94. The Morgan fingerprint density at radius 1 is 0.625 bits per heavy atom. The van der Waals surface area contributed by atoms with E-state index in [1.807, 2.05) is 0 Å². The molecule has 0 heteroatoms. The van der Waals surface area contributed by atoms with Gasteiger partial charge in [-0.05, 0) is 0 Å². The molecular formula is C8H16. The summed E-state index contributed by atoms with van der Waals surface area (Å²) >= 11 is 0. The van der Waals surface area contributed by atoms with Gasteiger partial charge >= 0.3 is 0 Å². The lowest BCUT2D eigenvalue weighted by Gasteiger charge is -2.05. The van der Waals surface area contributed by atoms with E-state index in [1.54, 1.807) is 0 Å². The fraction of sp³-hybridized carbons (Fsp3) is 1.00. The summed E-state index contributed by atoms with van der Waals surface area (Å²) in [5.74, 6) is 0. The van der Waals surface area contributed by atoms with Crippen molar-refractivity contribution in [3.63, 3.8) is 0 Å². The first-order chi connectivity index (χ1) is 4.39. The van der Waals surface area contributed by atoms with Crippen molar-refractivity contribution < 1.29 is 1.37 Å². The molecule has 1 fully saturated rings. The van der Waals surface area contributed by atoms with Crippen LogP contribution in [0.5, 0.6) is 0 Å². The molecule has 0 atom stereocenters. The molecule has 1 saturated carbocycles. The molecule has 0 unspecified atom stereocenters. The molecule has 0 aliphatic heterocycles. The molecule has 0 saturated heterocycles. The lowest BCUT2D eigenvalue weighted by molar-refractivity contribution is 0.504. The summed E-state index contributed by atoms with van der Waals surface area (Å²) < 4.78 is 7.51. The fourth-order valence-corrected chi connectivity index (χ4v) is 1.25. The van der Waals surface area contributed by atoms with Crippen LogP contribution in [0, 0.1) is 0 Å². The van der Waals surface area contributed by atoms with E-state index in [1.165, 1.54) is 32.1 Å². The maximum absolute atomic E-state index is 7.51. The Morgan fingerprint density at radius 2 is 1.00 bits per heavy atom. The Bertz CT molecular complexity index is 63.0. The molecule has 1 rings (SSSR count). The van der Waals surface area contributed by atoms with E-state index in [2.05, 4.69) is 0 Å². The summed E-state index contributed by atoms with van der Waals surface area (Å²) in [4.78, 5) is 0. The molecular weight excluding hydrogens is 96.1 g/mol. The summed E-state index contributed by atoms with van der Waals surface area (Å²) in [6, 6.07) is 0. The van der Waals surface area contributed by atoms with Crippen molar-refractivity contribution in [2.45, 2.75) is 51.3 Å². The Kier molecular flexibility index (Phi) is 2.38. The lowest BCUT2D eigenvalue weighted by Crippen LogP contribution is -1.85. The topological polar surface area (TPSA) is 0 Å². The van der Waals surface area contributed by atoms with E-state index in [-0.39, 0.29) is 6.40 Å². The SMILES string of the molecule is [2H]C1CCCCCCC1. The van der Waals surface area contributed by atoms with Crippen molar-refractivity contribution in [1.82, 2.24) is 0 Å². The molecule has 0 aromatic heterocycles. The third kappa shape index (κ3) is 2.34. The van der Waals surface area contributed by atoms with Crippen LogP contribution in [0.25, 0.3) is 0 Å². The molecule has 1 aliphatic carbocycles. The van der Waals surface area contributed by atoms with Gasteiger partial charge in [0.15, 0.2) is 0 Å². The molecule has 0 N–H and O–H groups in total. The Hall–Kier alpha value is 0. The number of hydrogen-bond donors (Lipinski definition) is 0. The third-order valence-corrected chi connectivity index (χ3v) is 1.82. The van der Waals surface area contributed by atoms with E-state index in [4.69, 9.17) is 1.37 Å². The minimum atomic E-state index is 0.269. The quantitative estimate of drug-likeness (QED) is 0.452. The van der Waals surface area contributed by atoms with Gasteiger partial charge in [-0.15, -0.1) is 0 Å². The maximum atomic E-state index is 7.51. The van der Waals surface area contributed by atoms with Gasteiger partial charge in [0.25, 0.3) is 0 Å². The van der Waals surface area contributed by atoms with Gasteiger partial charge in [-0.1, -0.05) is 51.3 Å². The second-order valence-electron chi connectivity index (χ2n) is 2.63. The summed E-state index contributed by atoms with van der Waals surface area (Å²) in [6.45, 7) is 0. The van der Waals surface area contributed by atoms with Crippen LogP contribution in [-0.2, 0) is 0 Å².